The first-order chi connectivity index (χ1) is 11.2. The molecule has 0 spiro atoms. The number of benzene rings is 2. The van der Waals surface area contributed by atoms with Crippen molar-refractivity contribution < 1.29 is 9.52 Å². The molecule has 0 radical (unpaired) electrons. The molecule has 1 N–H and O–H groups in total. The van der Waals surface area contributed by atoms with Crippen molar-refractivity contribution in [1.29, 1.82) is 0 Å². The lowest BCUT2D eigenvalue weighted by atomic mass is 10.1. The zero-order chi connectivity index (χ0) is 16.4. The first kappa shape index (κ1) is 18.7. The fourth-order valence-electron chi connectivity index (χ4n) is 2.82. The first-order valence-corrected chi connectivity index (χ1v) is 8.24. The van der Waals surface area contributed by atoms with Crippen molar-refractivity contribution in [1.82, 2.24) is 4.90 Å². The Hall–Kier alpha value is -1.68. The van der Waals surface area contributed by atoms with Crippen LogP contribution in [-0.4, -0.2) is 23.1 Å². The van der Waals surface area contributed by atoms with Gasteiger partial charge >= 0.3 is 0 Å². The summed E-state index contributed by atoms with van der Waals surface area (Å²) in [5.41, 5.74) is 2.46. The van der Waals surface area contributed by atoms with Gasteiger partial charge in [0, 0.05) is 23.1 Å². The molecule has 0 unspecified atom stereocenters. The quantitative estimate of drug-likeness (QED) is 0.627. The number of nitrogens with zero attached hydrogens (tertiary/aromatic N) is 1. The number of hydrogen-bond acceptors (Lipinski definition) is 3. The van der Waals surface area contributed by atoms with Crippen molar-refractivity contribution in [3.63, 3.8) is 0 Å². The second-order valence-corrected chi connectivity index (χ2v) is 5.89. The van der Waals surface area contributed by atoms with Crippen molar-refractivity contribution in [3.8, 4) is 17.1 Å². The van der Waals surface area contributed by atoms with E-state index < -0.39 is 0 Å². The third-order valence-corrected chi connectivity index (χ3v) is 4.55. The zero-order valence-corrected chi connectivity index (χ0v) is 15.3. The van der Waals surface area contributed by atoms with Crippen molar-refractivity contribution in [3.05, 3.63) is 53.1 Å². The van der Waals surface area contributed by atoms with Gasteiger partial charge in [0.15, 0.2) is 5.76 Å². The van der Waals surface area contributed by atoms with Gasteiger partial charge in [0.2, 0.25) is 0 Å². The van der Waals surface area contributed by atoms with Crippen LogP contribution in [0.15, 0.2) is 46.9 Å². The van der Waals surface area contributed by atoms with Gasteiger partial charge in [-0.1, -0.05) is 55.8 Å². The Morgan fingerprint density at radius 1 is 1.04 bits per heavy atom. The Morgan fingerprint density at radius 3 is 2.33 bits per heavy atom. The predicted octanol–water partition coefficient (Wildman–Crippen LogP) is 5.72. The summed E-state index contributed by atoms with van der Waals surface area (Å²) in [5, 5.41) is 11.7. The molecule has 0 saturated heterocycles. The number of hydrogen-bond donors (Lipinski definition) is 1. The molecule has 3 nitrogen and oxygen atoms in total. The fraction of sp³-hybridized carbons (Fsp3) is 0.263. The van der Waals surface area contributed by atoms with Crippen LogP contribution in [0.3, 0.4) is 0 Å². The van der Waals surface area contributed by atoms with E-state index in [1.165, 1.54) is 0 Å². The third kappa shape index (κ3) is 3.39. The van der Waals surface area contributed by atoms with Crippen molar-refractivity contribution in [2.75, 3.05) is 13.1 Å². The molecule has 5 heteroatoms. The molecule has 0 atom stereocenters. The maximum atomic E-state index is 10.3. The number of halogens is 2. The highest BCUT2D eigenvalue weighted by Gasteiger charge is 2.20. The van der Waals surface area contributed by atoms with E-state index in [-0.39, 0.29) is 18.2 Å². The van der Waals surface area contributed by atoms with Crippen LogP contribution in [0.25, 0.3) is 22.3 Å². The Labute approximate surface area is 153 Å². The monoisotopic (exact) mass is 365 g/mol. The lowest BCUT2D eigenvalue weighted by Crippen LogP contribution is -2.22. The summed E-state index contributed by atoms with van der Waals surface area (Å²) in [7, 11) is 0. The van der Waals surface area contributed by atoms with E-state index in [9.17, 15) is 5.11 Å². The van der Waals surface area contributed by atoms with Crippen LogP contribution in [0.5, 0.6) is 5.75 Å². The molecule has 0 saturated carbocycles. The summed E-state index contributed by atoms with van der Waals surface area (Å²) < 4.78 is 5.97. The number of phenolic OH excluding ortho intramolecular Hbond substituents is 1. The Kier molecular flexibility index (Phi) is 6.16. The van der Waals surface area contributed by atoms with E-state index in [2.05, 4.69) is 18.7 Å². The van der Waals surface area contributed by atoms with Crippen LogP contribution in [0.2, 0.25) is 5.02 Å². The SMILES string of the molecule is CCN(CC)Cc1c(O)ccc2oc(-c3ccccc3)c(Cl)c12.Cl. The molecule has 3 aromatic rings. The number of fused-ring (bicyclic) bond motifs is 1. The van der Waals surface area contributed by atoms with Gasteiger partial charge < -0.3 is 9.52 Å². The van der Waals surface area contributed by atoms with E-state index >= 15 is 0 Å². The lowest BCUT2D eigenvalue weighted by Gasteiger charge is -2.19. The normalized spacial score (nSPS) is 11.0. The molecule has 1 heterocycles. The van der Waals surface area contributed by atoms with Crippen LogP contribution in [-0.2, 0) is 6.54 Å². The maximum Gasteiger partial charge on any atom is 0.154 e. The Balaban J connectivity index is 0.00000208. The van der Waals surface area contributed by atoms with Crippen molar-refractivity contribution in [2.24, 2.45) is 0 Å². The molecule has 0 aliphatic rings. The largest absolute Gasteiger partial charge is 0.508 e. The number of rotatable bonds is 5. The summed E-state index contributed by atoms with van der Waals surface area (Å²) in [6, 6.07) is 13.2. The number of aromatic hydroxyl groups is 1. The summed E-state index contributed by atoms with van der Waals surface area (Å²) in [6.07, 6.45) is 0. The van der Waals surface area contributed by atoms with Gasteiger partial charge in [0.25, 0.3) is 0 Å². The van der Waals surface area contributed by atoms with E-state index in [0.29, 0.717) is 22.9 Å². The highest BCUT2D eigenvalue weighted by Crippen LogP contribution is 2.41. The average Bonchev–Trinajstić information content (AvgIpc) is 2.92. The first-order valence-electron chi connectivity index (χ1n) is 7.86. The van der Waals surface area contributed by atoms with E-state index in [1.54, 1.807) is 12.1 Å². The molecular weight excluding hydrogens is 345 g/mol. The van der Waals surface area contributed by atoms with Crippen molar-refractivity contribution in [2.45, 2.75) is 20.4 Å². The minimum absolute atomic E-state index is 0. The lowest BCUT2D eigenvalue weighted by molar-refractivity contribution is 0.292. The zero-order valence-electron chi connectivity index (χ0n) is 13.8. The fourth-order valence-corrected chi connectivity index (χ4v) is 3.17. The van der Waals surface area contributed by atoms with Gasteiger partial charge in [-0.3, -0.25) is 4.90 Å². The van der Waals surface area contributed by atoms with Gasteiger partial charge in [-0.2, -0.15) is 0 Å². The minimum Gasteiger partial charge on any atom is -0.508 e. The summed E-state index contributed by atoms with van der Waals surface area (Å²) in [6.45, 7) is 6.67. The molecule has 24 heavy (non-hydrogen) atoms. The average molecular weight is 366 g/mol. The van der Waals surface area contributed by atoms with Crippen LogP contribution in [0.1, 0.15) is 19.4 Å². The topological polar surface area (TPSA) is 36.6 Å². The number of phenols is 1. The highest BCUT2D eigenvalue weighted by atomic mass is 35.5. The van der Waals surface area contributed by atoms with Gasteiger partial charge in [-0.25, -0.2) is 0 Å². The second kappa shape index (κ2) is 7.93. The second-order valence-electron chi connectivity index (χ2n) is 5.51. The van der Waals surface area contributed by atoms with Crippen LogP contribution >= 0.6 is 24.0 Å². The molecule has 0 aliphatic carbocycles. The summed E-state index contributed by atoms with van der Waals surface area (Å²) >= 11 is 6.62. The van der Waals surface area contributed by atoms with Crippen molar-refractivity contribution >= 4 is 35.0 Å². The summed E-state index contributed by atoms with van der Waals surface area (Å²) in [5.74, 6) is 0.903. The molecule has 3 rings (SSSR count). The Bertz CT molecular complexity index is 811. The van der Waals surface area contributed by atoms with Crippen LogP contribution in [0.4, 0.5) is 0 Å². The van der Waals surface area contributed by atoms with E-state index in [0.717, 1.165) is 29.6 Å². The van der Waals surface area contributed by atoms with E-state index in [1.807, 2.05) is 30.3 Å². The van der Waals surface area contributed by atoms with Gasteiger partial charge in [-0.05, 0) is 25.2 Å². The standard InChI is InChI=1S/C19H20ClNO2.ClH/c1-3-21(4-2)12-14-15(22)10-11-16-17(14)18(20)19(23-16)13-8-6-5-7-9-13;/h5-11,22H,3-4,12H2,1-2H3;1H. The van der Waals surface area contributed by atoms with E-state index in [4.69, 9.17) is 16.0 Å². The van der Waals surface area contributed by atoms with Crippen LogP contribution < -0.4 is 0 Å². The summed E-state index contributed by atoms with van der Waals surface area (Å²) in [4.78, 5) is 2.24. The molecule has 2 aromatic carbocycles. The van der Waals surface area contributed by atoms with Gasteiger partial charge in [-0.15, -0.1) is 12.4 Å². The maximum absolute atomic E-state index is 10.3. The van der Waals surface area contributed by atoms with Crippen LogP contribution in [0, 0.1) is 0 Å². The number of furan rings is 1. The molecule has 0 aliphatic heterocycles. The molecular formula is C19H21Cl2NO2. The van der Waals surface area contributed by atoms with Gasteiger partial charge in [0.1, 0.15) is 11.3 Å². The highest BCUT2D eigenvalue weighted by molar-refractivity contribution is 6.38. The molecule has 0 bridgehead atoms. The molecule has 0 fully saturated rings. The Morgan fingerprint density at radius 2 is 1.71 bits per heavy atom. The predicted molar refractivity (Wildman–Crippen MR) is 102 cm³/mol. The molecule has 1 aromatic heterocycles. The smallest absolute Gasteiger partial charge is 0.154 e. The third-order valence-electron chi connectivity index (χ3n) is 4.19. The molecule has 128 valence electrons. The molecule has 0 amide bonds. The minimum atomic E-state index is 0. The van der Waals surface area contributed by atoms with Gasteiger partial charge in [0.05, 0.1) is 5.02 Å².